The summed E-state index contributed by atoms with van der Waals surface area (Å²) < 4.78 is 2.30. The summed E-state index contributed by atoms with van der Waals surface area (Å²) in [6, 6.07) is 2.01. The van der Waals surface area contributed by atoms with Crippen molar-refractivity contribution >= 4 is 53.8 Å². The van der Waals surface area contributed by atoms with E-state index in [1.165, 1.54) is 4.01 Å². The average Bonchev–Trinajstić information content (AvgIpc) is 2.43. The van der Waals surface area contributed by atoms with Crippen LogP contribution in [0.1, 0.15) is 17.3 Å². The Morgan fingerprint density at radius 3 is 3.00 bits per heavy atom. The Morgan fingerprint density at radius 1 is 1.58 bits per heavy atom. The molecule has 0 aromatic carbocycles. The minimum absolute atomic E-state index is 0.145. The Morgan fingerprint density at radius 2 is 2.33 bits per heavy atom. The minimum Gasteiger partial charge on any atom is -0.294 e. The monoisotopic (exact) mass is 260 g/mol. The number of rotatable bonds is 1. The highest BCUT2D eigenvalue weighted by atomic mass is 79.9. The maximum atomic E-state index is 11.1. The molecule has 2 aromatic rings. The molecule has 1 nitrogen and oxygen atoms in total. The average molecular weight is 261 g/mol. The smallest absolute Gasteiger partial charge is 0.161 e. The lowest BCUT2D eigenvalue weighted by molar-refractivity contribution is 0.101. The van der Waals surface area contributed by atoms with E-state index in [2.05, 4.69) is 15.9 Å². The summed E-state index contributed by atoms with van der Waals surface area (Å²) in [5.41, 5.74) is 0.844. The van der Waals surface area contributed by atoms with Crippen molar-refractivity contribution in [3.05, 3.63) is 20.8 Å². The van der Waals surface area contributed by atoms with Crippen LogP contribution in [0, 0.1) is 0 Å². The molecule has 0 fully saturated rings. The van der Waals surface area contributed by atoms with Crippen LogP contribution in [0.3, 0.4) is 0 Å². The normalized spacial score (nSPS) is 10.8. The summed E-state index contributed by atoms with van der Waals surface area (Å²) in [5, 5.41) is 3.01. The molecule has 12 heavy (non-hydrogen) atoms. The SMILES string of the molecule is CC(=O)c1csc2sc(Br)cc12. The van der Waals surface area contributed by atoms with Gasteiger partial charge in [-0.3, -0.25) is 4.79 Å². The van der Waals surface area contributed by atoms with E-state index in [-0.39, 0.29) is 5.78 Å². The number of ketones is 1. The van der Waals surface area contributed by atoms with Crippen molar-refractivity contribution in [1.82, 2.24) is 0 Å². The number of halogens is 1. The van der Waals surface area contributed by atoms with Gasteiger partial charge in [-0.2, -0.15) is 0 Å². The Kier molecular flexibility index (Phi) is 2.06. The van der Waals surface area contributed by atoms with Gasteiger partial charge in [0, 0.05) is 16.3 Å². The van der Waals surface area contributed by atoms with E-state index in [1.807, 2.05) is 11.4 Å². The Balaban J connectivity index is 2.76. The third kappa shape index (κ3) is 1.24. The van der Waals surface area contributed by atoms with Crippen molar-refractivity contribution in [3.63, 3.8) is 0 Å². The van der Waals surface area contributed by atoms with Crippen LogP contribution in [0.2, 0.25) is 0 Å². The number of hydrogen-bond donors (Lipinski definition) is 0. The van der Waals surface area contributed by atoms with Crippen molar-refractivity contribution in [2.45, 2.75) is 6.92 Å². The lowest BCUT2D eigenvalue weighted by Crippen LogP contribution is -1.86. The van der Waals surface area contributed by atoms with Crippen LogP contribution in [-0.2, 0) is 0 Å². The standard InChI is InChI=1S/C8H5BrOS2/c1-4(10)6-3-11-8-5(6)2-7(9)12-8/h2-3H,1H3. The topological polar surface area (TPSA) is 17.1 Å². The van der Waals surface area contributed by atoms with Gasteiger partial charge in [0.05, 0.1) is 7.80 Å². The predicted molar refractivity (Wildman–Crippen MR) is 57.4 cm³/mol. The molecule has 0 saturated heterocycles. The Bertz CT molecular complexity index is 441. The fourth-order valence-electron chi connectivity index (χ4n) is 1.07. The second-order valence-corrected chi connectivity index (χ2v) is 6.03. The van der Waals surface area contributed by atoms with Crippen molar-refractivity contribution in [1.29, 1.82) is 0 Å². The number of carbonyl (C=O) groups excluding carboxylic acids is 1. The third-order valence-corrected chi connectivity index (χ3v) is 4.38. The second-order valence-electron chi connectivity index (χ2n) is 2.46. The van der Waals surface area contributed by atoms with E-state index in [0.717, 1.165) is 14.7 Å². The lowest BCUT2D eigenvalue weighted by atomic mass is 10.2. The molecular formula is C8H5BrOS2. The first-order chi connectivity index (χ1) is 5.68. The van der Waals surface area contributed by atoms with Gasteiger partial charge in [-0.05, 0) is 28.9 Å². The van der Waals surface area contributed by atoms with E-state index in [1.54, 1.807) is 29.6 Å². The third-order valence-electron chi connectivity index (χ3n) is 1.62. The highest BCUT2D eigenvalue weighted by Crippen LogP contribution is 2.36. The summed E-state index contributed by atoms with van der Waals surface area (Å²) in [5.74, 6) is 0.145. The fraction of sp³-hybridized carbons (Fsp3) is 0.125. The predicted octanol–water partition coefficient (Wildman–Crippen LogP) is 3.93. The highest BCUT2D eigenvalue weighted by molar-refractivity contribution is 9.11. The van der Waals surface area contributed by atoms with Gasteiger partial charge in [0.25, 0.3) is 0 Å². The molecule has 0 unspecified atom stereocenters. The number of carbonyl (C=O) groups is 1. The number of hydrogen-bond acceptors (Lipinski definition) is 3. The molecule has 2 aromatic heterocycles. The van der Waals surface area contributed by atoms with Crippen LogP contribution in [0.25, 0.3) is 9.40 Å². The fourth-order valence-corrected chi connectivity index (χ4v) is 4.16. The molecule has 0 N–H and O–H groups in total. The molecule has 0 bridgehead atoms. The number of fused-ring (bicyclic) bond motifs is 1. The van der Waals surface area contributed by atoms with Crippen molar-refractivity contribution in [2.24, 2.45) is 0 Å². The molecule has 0 aliphatic rings. The zero-order chi connectivity index (χ0) is 8.72. The largest absolute Gasteiger partial charge is 0.294 e. The maximum absolute atomic E-state index is 11.1. The van der Waals surface area contributed by atoms with Crippen LogP contribution in [0.15, 0.2) is 15.2 Å². The maximum Gasteiger partial charge on any atom is 0.161 e. The van der Waals surface area contributed by atoms with Gasteiger partial charge in [0.2, 0.25) is 0 Å². The lowest BCUT2D eigenvalue weighted by Gasteiger charge is -1.85. The van der Waals surface area contributed by atoms with Gasteiger partial charge >= 0.3 is 0 Å². The van der Waals surface area contributed by atoms with E-state index in [0.29, 0.717) is 0 Å². The molecular weight excluding hydrogens is 256 g/mol. The molecule has 0 atom stereocenters. The van der Waals surface area contributed by atoms with Gasteiger partial charge < -0.3 is 0 Å². The van der Waals surface area contributed by atoms with Crippen molar-refractivity contribution in [3.8, 4) is 0 Å². The molecule has 62 valence electrons. The minimum atomic E-state index is 0.145. The first-order valence-corrected chi connectivity index (χ1v) is 5.85. The number of thiophene rings is 2. The van der Waals surface area contributed by atoms with Crippen LogP contribution in [0.4, 0.5) is 0 Å². The van der Waals surface area contributed by atoms with Gasteiger partial charge in [-0.25, -0.2) is 0 Å². The highest BCUT2D eigenvalue weighted by Gasteiger charge is 2.10. The zero-order valence-electron chi connectivity index (χ0n) is 6.26. The molecule has 0 amide bonds. The summed E-state index contributed by atoms with van der Waals surface area (Å²) in [4.78, 5) is 11.1. The van der Waals surface area contributed by atoms with E-state index < -0.39 is 0 Å². The van der Waals surface area contributed by atoms with Crippen molar-refractivity contribution in [2.75, 3.05) is 0 Å². The summed E-state index contributed by atoms with van der Waals surface area (Å²) in [7, 11) is 0. The molecule has 2 heterocycles. The van der Waals surface area contributed by atoms with E-state index >= 15 is 0 Å². The van der Waals surface area contributed by atoms with Gasteiger partial charge in [-0.15, -0.1) is 22.7 Å². The van der Waals surface area contributed by atoms with Gasteiger partial charge in [0.15, 0.2) is 5.78 Å². The van der Waals surface area contributed by atoms with Crippen LogP contribution in [-0.4, -0.2) is 5.78 Å². The molecule has 0 spiro atoms. The van der Waals surface area contributed by atoms with Gasteiger partial charge in [-0.1, -0.05) is 0 Å². The van der Waals surface area contributed by atoms with Crippen LogP contribution >= 0.6 is 38.6 Å². The second kappa shape index (κ2) is 2.94. The molecule has 2 rings (SSSR count). The molecule has 4 heteroatoms. The first kappa shape index (κ1) is 8.41. The van der Waals surface area contributed by atoms with Gasteiger partial charge in [0.1, 0.15) is 0 Å². The molecule has 0 radical (unpaired) electrons. The summed E-state index contributed by atoms with van der Waals surface area (Å²) >= 11 is 6.71. The van der Waals surface area contributed by atoms with Crippen molar-refractivity contribution < 1.29 is 4.79 Å². The molecule has 0 aliphatic heterocycles. The Hall–Kier alpha value is -0.190. The quantitative estimate of drug-likeness (QED) is 0.711. The first-order valence-electron chi connectivity index (χ1n) is 3.36. The summed E-state index contributed by atoms with van der Waals surface area (Å²) in [6.07, 6.45) is 0. The number of Topliss-reactive ketones (excluding diaryl/α,β-unsaturated/α-hetero) is 1. The van der Waals surface area contributed by atoms with E-state index in [4.69, 9.17) is 0 Å². The van der Waals surface area contributed by atoms with E-state index in [9.17, 15) is 4.79 Å². The summed E-state index contributed by atoms with van der Waals surface area (Å²) in [6.45, 7) is 1.60. The Labute approximate surface area is 86.2 Å². The zero-order valence-corrected chi connectivity index (χ0v) is 9.48. The van der Waals surface area contributed by atoms with Crippen LogP contribution in [0.5, 0.6) is 0 Å². The molecule has 0 aliphatic carbocycles. The van der Waals surface area contributed by atoms with Crippen LogP contribution < -0.4 is 0 Å². The molecule has 0 saturated carbocycles.